The van der Waals surface area contributed by atoms with E-state index in [-0.39, 0.29) is 11.9 Å². The van der Waals surface area contributed by atoms with Gasteiger partial charge in [-0.1, -0.05) is 30.3 Å². The van der Waals surface area contributed by atoms with Gasteiger partial charge in [0.05, 0.1) is 22.8 Å². The lowest BCUT2D eigenvalue weighted by Crippen LogP contribution is -2.51. The van der Waals surface area contributed by atoms with Gasteiger partial charge < -0.3 is 9.80 Å². The molecule has 1 aromatic heterocycles. The summed E-state index contributed by atoms with van der Waals surface area (Å²) in [6.45, 7) is 4.89. The number of para-hydroxylation sites is 2. The summed E-state index contributed by atoms with van der Waals surface area (Å²) in [6.07, 6.45) is 2.23. The third kappa shape index (κ3) is 3.87. The van der Waals surface area contributed by atoms with Crippen molar-refractivity contribution in [3.8, 4) is 0 Å². The molecule has 2 aliphatic rings. The van der Waals surface area contributed by atoms with Crippen LogP contribution in [0.3, 0.4) is 0 Å². The minimum Gasteiger partial charge on any atom is -0.368 e. The third-order valence-electron chi connectivity index (χ3n) is 6.05. The van der Waals surface area contributed by atoms with Gasteiger partial charge in [0.15, 0.2) is 0 Å². The van der Waals surface area contributed by atoms with Gasteiger partial charge in [0.25, 0.3) is 0 Å². The second kappa shape index (κ2) is 8.13. The van der Waals surface area contributed by atoms with E-state index in [1.54, 1.807) is 11.3 Å². The van der Waals surface area contributed by atoms with E-state index in [0.717, 1.165) is 56.1 Å². The van der Waals surface area contributed by atoms with Crippen molar-refractivity contribution in [3.63, 3.8) is 0 Å². The monoisotopic (exact) mass is 406 g/mol. The first-order chi connectivity index (χ1) is 14.3. The third-order valence-corrected chi connectivity index (χ3v) is 7.19. The molecule has 0 radical (unpaired) electrons. The molecular weight excluding hydrogens is 380 g/mol. The molecule has 1 atom stereocenters. The lowest BCUT2D eigenvalue weighted by molar-refractivity contribution is -0.133. The molecule has 0 saturated carbocycles. The zero-order chi connectivity index (χ0) is 19.6. The predicted octanol–water partition coefficient (Wildman–Crippen LogP) is 3.78. The maximum Gasteiger partial charge on any atom is 0.236 e. The van der Waals surface area contributed by atoms with Gasteiger partial charge in [0, 0.05) is 31.9 Å². The van der Waals surface area contributed by atoms with E-state index in [1.165, 1.54) is 10.4 Å². The van der Waals surface area contributed by atoms with Crippen molar-refractivity contribution < 1.29 is 4.79 Å². The highest BCUT2D eigenvalue weighted by Gasteiger charge is 2.32. The second-order valence-corrected chi connectivity index (χ2v) is 8.91. The summed E-state index contributed by atoms with van der Waals surface area (Å²) >= 11 is 1.77. The molecule has 2 aromatic carbocycles. The summed E-state index contributed by atoms with van der Waals surface area (Å²) < 4.78 is 1.23. The number of thiazole rings is 1. The Morgan fingerprint density at radius 1 is 0.966 bits per heavy atom. The van der Waals surface area contributed by atoms with Crippen molar-refractivity contribution in [2.45, 2.75) is 18.9 Å². The Labute approximate surface area is 175 Å². The first kappa shape index (κ1) is 18.6. The highest BCUT2D eigenvalue weighted by molar-refractivity contribution is 7.18. The van der Waals surface area contributed by atoms with Gasteiger partial charge in [0.2, 0.25) is 5.91 Å². The Hall–Kier alpha value is -2.44. The first-order valence-corrected chi connectivity index (χ1v) is 11.3. The van der Waals surface area contributed by atoms with E-state index >= 15 is 0 Å². The molecule has 150 valence electrons. The number of hydrogen-bond donors (Lipinski definition) is 0. The standard InChI is InChI=1S/C23H26N4OS/c28-22(26-15-13-25(14-16-26)18-7-2-1-3-8-18)17-27-12-6-10-20(27)23-24-19-9-4-5-11-21(19)29-23/h1-5,7-9,11,20H,6,10,12-17H2. The van der Waals surface area contributed by atoms with Crippen LogP contribution in [0.4, 0.5) is 5.69 Å². The number of rotatable bonds is 4. The van der Waals surface area contributed by atoms with Crippen LogP contribution in [0.1, 0.15) is 23.9 Å². The number of piperazine rings is 1. The highest BCUT2D eigenvalue weighted by atomic mass is 32.1. The van der Waals surface area contributed by atoms with Gasteiger partial charge in [-0.15, -0.1) is 11.3 Å². The molecule has 0 N–H and O–H groups in total. The molecule has 2 aliphatic heterocycles. The van der Waals surface area contributed by atoms with E-state index in [9.17, 15) is 4.79 Å². The normalized spacial score (nSPS) is 20.5. The number of aromatic nitrogens is 1. The SMILES string of the molecule is O=C(CN1CCCC1c1nc2ccccc2s1)N1CCN(c2ccccc2)CC1. The quantitative estimate of drug-likeness (QED) is 0.661. The van der Waals surface area contributed by atoms with Gasteiger partial charge in [-0.2, -0.15) is 0 Å². The average Bonchev–Trinajstić information content (AvgIpc) is 3.41. The molecule has 6 heteroatoms. The summed E-state index contributed by atoms with van der Waals surface area (Å²) in [4.78, 5) is 24.6. The Morgan fingerprint density at radius 3 is 2.52 bits per heavy atom. The summed E-state index contributed by atoms with van der Waals surface area (Å²) in [6, 6.07) is 19.1. The van der Waals surface area contributed by atoms with Crippen molar-refractivity contribution >= 4 is 33.1 Å². The largest absolute Gasteiger partial charge is 0.368 e. The molecule has 0 aliphatic carbocycles. The molecule has 2 saturated heterocycles. The van der Waals surface area contributed by atoms with E-state index in [2.05, 4.69) is 52.3 Å². The number of hydrogen-bond acceptors (Lipinski definition) is 5. The number of nitrogens with zero attached hydrogens (tertiary/aromatic N) is 4. The molecule has 2 fully saturated rings. The van der Waals surface area contributed by atoms with Crippen molar-refractivity contribution in [3.05, 3.63) is 59.6 Å². The summed E-state index contributed by atoms with van der Waals surface area (Å²) in [7, 11) is 0. The Bertz CT molecular complexity index is 948. The molecule has 1 amide bonds. The van der Waals surface area contributed by atoms with Gasteiger partial charge in [-0.3, -0.25) is 9.69 Å². The van der Waals surface area contributed by atoms with Crippen LogP contribution in [0.25, 0.3) is 10.2 Å². The molecule has 29 heavy (non-hydrogen) atoms. The predicted molar refractivity (Wildman–Crippen MR) is 118 cm³/mol. The molecule has 5 nitrogen and oxygen atoms in total. The number of carbonyl (C=O) groups is 1. The van der Waals surface area contributed by atoms with Crippen LogP contribution >= 0.6 is 11.3 Å². The second-order valence-electron chi connectivity index (χ2n) is 7.85. The van der Waals surface area contributed by atoms with Gasteiger partial charge in [0.1, 0.15) is 5.01 Å². The average molecular weight is 407 g/mol. The smallest absolute Gasteiger partial charge is 0.236 e. The number of likely N-dealkylation sites (tertiary alicyclic amines) is 1. The minimum absolute atomic E-state index is 0.255. The zero-order valence-electron chi connectivity index (χ0n) is 16.5. The first-order valence-electron chi connectivity index (χ1n) is 10.5. The van der Waals surface area contributed by atoms with Crippen molar-refractivity contribution in [1.29, 1.82) is 0 Å². The van der Waals surface area contributed by atoms with Crippen LogP contribution in [0, 0.1) is 0 Å². The Morgan fingerprint density at radius 2 is 1.72 bits per heavy atom. The topological polar surface area (TPSA) is 39.7 Å². The molecule has 3 aromatic rings. The maximum atomic E-state index is 13.0. The summed E-state index contributed by atoms with van der Waals surface area (Å²) in [5.74, 6) is 0.255. The van der Waals surface area contributed by atoms with Gasteiger partial charge in [-0.25, -0.2) is 4.98 Å². The molecule has 3 heterocycles. The van der Waals surface area contributed by atoms with Crippen molar-refractivity contribution in [1.82, 2.24) is 14.8 Å². The molecule has 0 spiro atoms. The summed E-state index contributed by atoms with van der Waals surface area (Å²) in [5.41, 5.74) is 2.32. The van der Waals surface area contributed by atoms with Gasteiger partial charge >= 0.3 is 0 Å². The van der Waals surface area contributed by atoms with E-state index in [1.807, 2.05) is 17.0 Å². The fourth-order valence-corrected chi connectivity index (χ4v) is 5.59. The fourth-order valence-electron chi connectivity index (χ4n) is 4.45. The van der Waals surface area contributed by atoms with E-state index in [0.29, 0.717) is 6.54 Å². The minimum atomic E-state index is 0.255. The van der Waals surface area contributed by atoms with Crippen LogP contribution in [-0.2, 0) is 4.79 Å². The van der Waals surface area contributed by atoms with Crippen LogP contribution in [0.2, 0.25) is 0 Å². The number of carbonyl (C=O) groups excluding carboxylic acids is 1. The zero-order valence-corrected chi connectivity index (χ0v) is 17.4. The van der Waals surface area contributed by atoms with Crippen LogP contribution < -0.4 is 4.90 Å². The molecule has 5 rings (SSSR count). The van der Waals surface area contributed by atoms with E-state index < -0.39 is 0 Å². The molecular formula is C23H26N4OS. The van der Waals surface area contributed by atoms with Crippen molar-refractivity contribution in [2.75, 3.05) is 44.2 Å². The van der Waals surface area contributed by atoms with Crippen LogP contribution in [-0.4, -0.2) is 60.0 Å². The molecule has 0 bridgehead atoms. The van der Waals surface area contributed by atoms with Crippen molar-refractivity contribution in [2.24, 2.45) is 0 Å². The summed E-state index contributed by atoms with van der Waals surface area (Å²) in [5, 5.41) is 1.16. The van der Waals surface area contributed by atoms with E-state index in [4.69, 9.17) is 4.98 Å². The Balaban J connectivity index is 1.21. The van der Waals surface area contributed by atoms with Crippen LogP contribution in [0.5, 0.6) is 0 Å². The number of benzene rings is 2. The maximum absolute atomic E-state index is 13.0. The number of anilines is 1. The lowest BCUT2D eigenvalue weighted by Gasteiger charge is -2.37. The fraction of sp³-hybridized carbons (Fsp3) is 0.391. The number of amides is 1. The highest BCUT2D eigenvalue weighted by Crippen LogP contribution is 2.36. The van der Waals surface area contributed by atoms with Crippen LogP contribution in [0.15, 0.2) is 54.6 Å². The van der Waals surface area contributed by atoms with Gasteiger partial charge in [-0.05, 0) is 43.7 Å². The number of fused-ring (bicyclic) bond motifs is 1. The lowest BCUT2D eigenvalue weighted by atomic mass is 10.2. The molecule has 1 unspecified atom stereocenters. The Kier molecular flexibility index (Phi) is 5.21.